The Kier molecular flexibility index (Phi) is 6.32. The lowest BCUT2D eigenvalue weighted by Gasteiger charge is -2.34. The minimum Gasteiger partial charge on any atom is -0.449 e. The smallest absolute Gasteiger partial charge is 0.255 e. The van der Waals surface area contributed by atoms with Gasteiger partial charge in [-0.15, -0.1) is 0 Å². The second-order valence-electron chi connectivity index (χ2n) is 9.75. The molecule has 0 unspecified atom stereocenters. The zero-order valence-corrected chi connectivity index (χ0v) is 21.6. The molecule has 0 aliphatic carbocycles. The van der Waals surface area contributed by atoms with Crippen LogP contribution in [0.2, 0.25) is 5.02 Å². The number of aryl methyl sites for hydroxylation is 2. The van der Waals surface area contributed by atoms with E-state index in [0.717, 1.165) is 35.2 Å². The highest BCUT2D eigenvalue weighted by Gasteiger charge is 2.26. The molecule has 1 amide bonds. The summed E-state index contributed by atoms with van der Waals surface area (Å²) in [6.45, 7) is 8.53. The number of nitrogens with zero attached hydrogens (tertiary/aromatic N) is 6. The van der Waals surface area contributed by atoms with Crippen LogP contribution in [0.3, 0.4) is 0 Å². The second kappa shape index (κ2) is 9.31. The number of amides is 1. The molecule has 1 aromatic carbocycles. The molecule has 5 rings (SSSR count). The molecular weight excluding hydrogens is 480 g/mol. The molecule has 1 aliphatic heterocycles. The number of hydrogen-bond acceptors (Lipinski definition) is 7. The summed E-state index contributed by atoms with van der Waals surface area (Å²) in [5, 5.41) is 11.7. The van der Waals surface area contributed by atoms with Gasteiger partial charge >= 0.3 is 0 Å². The van der Waals surface area contributed by atoms with E-state index in [2.05, 4.69) is 19.9 Å². The van der Waals surface area contributed by atoms with Crippen molar-refractivity contribution in [2.75, 3.05) is 26.2 Å². The Balaban J connectivity index is 1.40. The first-order valence-electron chi connectivity index (χ1n) is 11.9. The average Bonchev–Trinajstić information content (AvgIpc) is 3.40. The van der Waals surface area contributed by atoms with E-state index in [4.69, 9.17) is 16.0 Å². The van der Waals surface area contributed by atoms with Crippen LogP contribution in [0.4, 0.5) is 0 Å². The molecule has 0 atom stereocenters. The lowest BCUT2D eigenvalue weighted by atomic mass is 10.0. The number of aromatic nitrogens is 4. The van der Waals surface area contributed by atoms with Crippen LogP contribution in [0, 0.1) is 6.92 Å². The van der Waals surface area contributed by atoms with Gasteiger partial charge in [0, 0.05) is 75.6 Å². The molecule has 1 aliphatic rings. The fourth-order valence-electron chi connectivity index (χ4n) is 4.56. The first-order chi connectivity index (χ1) is 17.1. The van der Waals surface area contributed by atoms with Gasteiger partial charge in [0.1, 0.15) is 11.9 Å². The third-order valence-corrected chi connectivity index (χ3v) is 6.81. The Hall–Kier alpha value is -3.27. The minimum atomic E-state index is -1.17. The van der Waals surface area contributed by atoms with Crippen LogP contribution in [0.25, 0.3) is 22.2 Å². The van der Waals surface area contributed by atoms with Crippen molar-refractivity contribution in [1.29, 1.82) is 0 Å². The Bertz CT molecular complexity index is 1430. The Morgan fingerprint density at radius 3 is 2.61 bits per heavy atom. The molecule has 3 aromatic heterocycles. The molecule has 36 heavy (non-hydrogen) atoms. The van der Waals surface area contributed by atoms with E-state index in [1.807, 2.05) is 41.8 Å². The maximum atomic E-state index is 13.5. The molecular formula is C26H29ClN6O3. The highest BCUT2D eigenvalue weighted by atomic mass is 35.5. The van der Waals surface area contributed by atoms with Gasteiger partial charge in [-0.1, -0.05) is 11.6 Å². The fourth-order valence-corrected chi connectivity index (χ4v) is 4.80. The molecule has 9 nitrogen and oxygen atoms in total. The summed E-state index contributed by atoms with van der Waals surface area (Å²) >= 11 is 6.62. The van der Waals surface area contributed by atoms with Crippen molar-refractivity contribution < 1.29 is 14.3 Å². The zero-order valence-electron chi connectivity index (χ0n) is 20.8. The first kappa shape index (κ1) is 24.4. The number of oxazole rings is 1. The number of hydrogen-bond donors (Lipinski definition) is 1. The Labute approximate surface area is 214 Å². The van der Waals surface area contributed by atoms with Crippen LogP contribution in [0.15, 0.2) is 41.3 Å². The summed E-state index contributed by atoms with van der Waals surface area (Å²) in [7, 11) is 1.93. The third-order valence-electron chi connectivity index (χ3n) is 6.50. The molecule has 1 N–H and O–H groups in total. The van der Waals surface area contributed by atoms with Crippen molar-refractivity contribution in [2.45, 2.75) is 32.9 Å². The van der Waals surface area contributed by atoms with Gasteiger partial charge in [-0.25, -0.2) is 15.0 Å². The van der Waals surface area contributed by atoms with Gasteiger partial charge in [-0.3, -0.25) is 9.69 Å². The minimum absolute atomic E-state index is 0.0894. The van der Waals surface area contributed by atoms with E-state index < -0.39 is 5.60 Å². The fraction of sp³-hybridized carbons (Fsp3) is 0.385. The van der Waals surface area contributed by atoms with Crippen molar-refractivity contribution in [3.05, 3.63) is 64.9 Å². The summed E-state index contributed by atoms with van der Waals surface area (Å²) in [6.07, 6.45) is 5.27. The molecule has 4 aromatic rings. The van der Waals surface area contributed by atoms with Crippen molar-refractivity contribution >= 4 is 28.4 Å². The second-order valence-corrected chi connectivity index (χ2v) is 10.2. The monoisotopic (exact) mass is 508 g/mol. The maximum Gasteiger partial charge on any atom is 0.255 e. The van der Waals surface area contributed by atoms with Crippen LogP contribution in [0.1, 0.15) is 41.6 Å². The Morgan fingerprint density at radius 1 is 1.19 bits per heavy atom. The van der Waals surface area contributed by atoms with Crippen LogP contribution in [-0.2, 0) is 19.2 Å². The van der Waals surface area contributed by atoms with Gasteiger partial charge < -0.3 is 19.0 Å². The standard InChI is InChI=1S/C26H29ClN6O3/c1-16-29-17(15-36-16)13-32-7-9-33(10-8-32)24(34)19-11-18-20(14-31(4)23(18)12-21(19)27)22-5-6-28-25(30-22)26(2,3)35/h5-6,11-12,14-15,35H,7-10,13H2,1-4H3. The average molecular weight is 509 g/mol. The zero-order chi connectivity index (χ0) is 25.6. The van der Waals surface area contributed by atoms with Crippen LogP contribution in [0.5, 0.6) is 0 Å². The SMILES string of the molecule is Cc1nc(CN2CCN(C(=O)c3cc4c(-c5ccnc(C(C)(C)O)n5)cn(C)c4cc3Cl)CC2)co1. The number of halogens is 1. The number of fused-ring (bicyclic) bond motifs is 1. The van der Waals surface area contributed by atoms with Crippen molar-refractivity contribution in [1.82, 2.24) is 29.3 Å². The quantitative estimate of drug-likeness (QED) is 0.438. The number of piperazine rings is 1. The summed E-state index contributed by atoms with van der Waals surface area (Å²) in [6, 6.07) is 5.48. The van der Waals surface area contributed by atoms with E-state index in [9.17, 15) is 9.90 Å². The highest BCUT2D eigenvalue weighted by molar-refractivity contribution is 6.34. The molecule has 4 heterocycles. The molecule has 0 saturated carbocycles. The molecule has 1 saturated heterocycles. The number of carbonyl (C=O) groups excluding carboxylic acids is 1. The van der Waals surface area contributed by atoms with Gasteiger partial charge in [0.05, 0.1) is 22.0 Å². The van der Waals surface area contributed by atoms with Gasteiger partial charge in [-0.2, -0.15) is 0 Å². The summed E-state index contributed by atoms with van der Waals surface area (Å²) in [5.74, 6) is 0.900. The molecule has 188 valence electrons. The highest BCUT2D eigenvalue weighted by Crippen LogP contribution is 2.34. The van der Waals surface area contributed by atoms with Gasteiger partial charge in [-0.05, 0) is 32.0 Å². The number of rotatable bonds is 5. The number of carbonyl (C=O) groups is 1. The van der Waals surface area contributed by atoms with E-state index >= 15 is 0 Å². The van der Waals surface area contributed by atoms with E-state index in [0.29, 0.717) is 47.6 Å². The normalized spacial score (nSPS) is 15.1. The van der Waals surface area contributed by atoms with Crippen LogP contribution in [-0.4, -0.2) is 66.5 Å². The number of benzene rings is 1. The van der Waals surface area contributed by atoms with Crippen molar-refractivity contribution in [3.8, 4) is 11.3 Å². The topological polar surface area (TPSA) is 101 Å². The predicted molar refractivity (Wildman–Crippen MR) is 137 cm³/mol. The molecule has 1 fully saturated rings. The van der Waals surface area contributed by atoms with E-state index in [1.165, 1.54) is 0 Å². The summed E-state index contributed by atoms with van der Waals surface area (Å²) < 4.78 is 7.26. The lowest BCUT2D eigenvalue weighted by molar-refractivity contribution is 0.0627. The van der Waals surface area contributed by atoms with E-state index in [-0.39, 0.29) is 5.91 Å². The molecule has 0 bridgehead atoms. The predicted octanol–water partition coefficient (Wildman–Crippen LogP) is 3.77. The van der Waals surface area contributed by atoms with Crippen LogP contribution >= 0.6 is 11.6 Å². The van der Waals surface area contributed by atoms with Gasteiger partial charge in [0.15, 0.2) is 11.7 Å². The Morgan fingerprint density at radius 2 is 1.94 bits per heavy atom. The molecule has 10 heteroatoms. The summed E-state index contributed by atoms with van der Waals surface area (Å²) in [5.41, 5.74) is 2.61. The third kappa shape index (κ3) is 4.74. The number of aliphatic hydroxyl groups is 1. The maximum absolute atomic E-state index is 13.5. The van der Waals surface area contributed by atoms with Gasteiger partial charge in [0.25, 0.3) is 5.91 Å². The van der Waals surface area contributed by atoms with Gasteiger partial charge in [0.2, 0.25) is 0 Å². The van der Waals surface area contributed by atoms with E-state index in [1.54, 1.807) is 32.4 Å². The molecule has 0 radical (unpaired) electrons. The summed E-state index contributed by atoms with van der Waals surface area (Å²) in [4.78, 5) is 30.8. The van der Waals surface area contributed by atoms with Crippen molar-refractivity contribution in [3.63, 3.8) is 0 Å². The largest absolute Gasteiger partial charge is 0.449 e. The first-order valence-corrected chi connectivity index (χ1v) is 12.3. The van der Waals surface area contributed by atoms with Crippen molar-refractivity contribution in [2.24, 2.45) is 7.05 Å². The lowest BCUT2D eigenvalue weighted by Crippen LogP contribution is -2.48. The van der Waals surface area contributed by atoms with Crippen LogP contribution < -0.4 is 0 Å². The molecule has 0 spiro atoms.